The topological polar surface area (TPSA) is 23.5 Å². The summed E-state index contributed by atoms with van der Waals surface area (Å²) >= 11 is 0. The summed E-state index contributed by atoms with van der Waals surface area (Å²) < 4.78 is 0. The Labute approximate surface area is 97.9 Å². The standard InChI is InChI=1S/C14H21NO/c1-12-7-9-15(14(12)11-16)10-8-13-5-3-2-4-6-13/h2-6,12,14,16H,7-11H2,1H3. The number of likely N-dealkylation sites (tertiary alicyclic amines) is 1. The molecule has 1 aromatic rings. The Morgan fingerprint density at radius 3 is 2.75 bits per heavy atom. The van der Waals surface area contributed by atoms with Gasteiger partial charge in [-0.3, -0.25) is 4.90 Å². The smallest absolute Gasteiger partial charge is 0.0589 e. The molecule has 2 unspecified atom stereocenters. The van der Waals surface area contributed by atoms with Crippen LogP contribution in [0.5, 0.6) is 0 Å². The number of nitrogens with zero attached hydrogens (tertiary/aromatic N) is 1. The number of hydrogen-bond acceptors (Lipinski definition) is 2. The Morgan fingerprint density at radius 2 is 2.06 bits per heavy atom. The molecule has 1 aliphatic rings. The van der Waals surface area contributed by atoms with Crippen molar-refractivity contribution in [2.24, 2.45) is 5.92 Å². The highest BCUT2D eigenvalue weighted by Crippen LogP contribution is 2.23. The first-order valence-electron chi connectivity index (χ1n) is 6.20. The van der Waals surface area contributed by atoms with Crippen LogP contribution in [0.4, 0.5) is 0 Å². The highest BCUT2D eigenvalue weighted by atomic mass is 16.3. The van der Waals surface area contributed by atoms with Crippen LogP contribution in [0, 0.1) is 5.92 Å². The molecule has 0 aliphatic carbocycles. The van der Waals surface area contributed by atoms with Crippen LogP contribution in [0.25, 0.3) is 0 Å². The van der Waals surface area contributed by atoms with Gasteiger partial charge >= 0.3 is 0 Å². The molecular weight excluding hydrogens is 198 g/mol. The third kappa shape index (κ3) is 2.63. The Balaban J connectivity index is 1.86. The van der Waals surface area contributed by atoms with Gasteiger partial charge in [-0.25, -0.2) is 0 Å². The van der Waals surface area contributed by atoms with Crippen LogP contribution in [0.15, 0.2) is 30.3 Å². The van der Waals surface area contributed by atoms with Crippen LogP contribution in [-0.2, 0) is 6.42 Å². The molecule has 0 saturated carbocycles. The second-order valence-electron chi connectivity index (χ2n) is 4.79. The molecule has 16 heavy (non-hydrogen) atoms. The molecule has 1 heterocycles. The molecule has 2 heteroatoms. The van der Waals surface area contributed by atoms with Gasteiger partial charge in [-0.2, -0.15) is 0 Å². The molecule has 0 radical (unpaired) electrons. The molecule has 2 rings (SSSR count). The molecule has 1 aliphatic heterocycles. The Bertz CT molecular complexity index is 312. The van der Waals surface area contributed by atoms with Crippen LogP contribution in [0.3, 0.4) is 0 Å². The summed E-state index contributed by atoms with van der Waals surface area (Å²) in [5.41, 5.74) is 1.39. The molecule has 0 spiro atoms. The highest BCUT2D eigenvalue weighted by Gasteiger charge is 2.29. The lowest BCUT2D eigenvalue weighted by molar-refractivity contribution is 0.140. The van der Waals surface area contributed by atoms with E-state index in [0.717, 1.165) is 19.5 Å². The van der Waals surface area contributed by atoms with Crippen molar-refractivity contribution in [3.63, 3.8) is 0 Å². The number of rotatable bonds is 4. The molecule has 0 aromatic heterocycles. The SMILES string of the molecule is CC1CCN(CCc2ccccc2)C1CO. The molecule has 1 N–H and O–H groups in total. The van der Waals surface area contributed by atoms with Gasteiger partial charge in [0.1, 0.15) is 0 Å². The maximum absolute atomic E-state index is 9.36. The Morgan fingerprint density at radius 1 is 1.31 bits per heavy atom. The van der Waals surface area contributed by atoms with E-state index in [-0.39, 0.29) is 0 Å². The fourth-order valence-electron chi connectivity index (χ4n) is 2.58. The molecule has 0 bridgehead atoms. The van der Waals surface area contributed by atoms with Crippen LogP contribution >= 0.6 is 0 Å². The minimum absolute atomic E-state index is 0.302. The summed E-state index contributed by atoms with van der Waals surface area (Å²) in [6.07, 6.45) is 2.31. The molecule has 1 aromatic carbocycles. The van der Waals surface area contributed by atoms with Crippen molar-refractivity contribution in [1.29, 1.82) is 0 Å². The lowest BCUT2D eigenvalue weighted by Gasteiger charge is -2.24. The second-order valence-corrected chi connectivity index (χ2v) is 4.79. The molecule has 88 valence electrons. The van der Waals surface area contributed by atoms with Crippen LogP contribution < -0.4 is 0 Å². The maximum atomic E-state index is 9.36. The van der Waals surface area contributed by atoms with E-state index in [2.05, 4.69) is 42.2 Å². The van der Waals surface area contributed by atoms with Crippen molar-refractivity contribution < 1.29 is 5.11 Å². The first-order chi connectivity index (χ1) is 7.81. The van der Waals surface area contributed by atoms with Crippen LogP contribution in [0.1, 0.15) is 18.9 Å². The van der Waals surface area contributed by atoms with E-state index in [0.29, 0.717) is 18.6 Å². The van der Waals surface area contributed by atoms with Gasteiger partial charge in [-0.05, 0) is 30.9 Å². The summed E-state index contributed by atoms with van der Waals surface area (Å²) in [6.45, 7) is 4.75. The first-order valence-corrected chi connectivity index (χ1v) is 6.20. The number of benzene rings is 1. The predicted octanol–water partition coefficient (Wildman–Crippen LogP) is 1.93. The van der Waals surface area contributed by atoms with Gasteiger partial charge in [0.2, 0.25) is 0 Å². The predicted molar refractivity (Wildman–Crippen MR) is 66.4 cm³/mol. The van der Waals surface area contributed by atoms with Gasteiger partial charge in [-0.15, -0.1) is 0 Å². The fraction of sp³-hybridized carbons (Fsp3) is 0.571. The molecule has 0 amide bonds. The third-order valence-electron chi connectivity index (χ3n) is 3.72. The van der Waals surface area contributed by atoms with Crippen molar-refractivity contribution in [2.45, 2.75) is 25.8 Å². The van der Waals surface area contributed by atoms with E-state index in [9.17, 15) is 5.11 Å². The third-order valence-corrected chi connectivity index (χ3v) is 3.72. The van der Waals surface area contributed by atoms with Gasteiger partial charge in [0.15, 0.2) is 0 Å². The largest absolute Gasteiger partial charge is 0.395 e. The van der Waals surface area contributed by atoms with E-state index in [1.54, 1.807) is 0 Å². The van der Waals surface area contributed by atoms with E-state index in [1.807, 2.05) is 0 Å². The zero-order chi connectivity index (χ0) is 11.4. The minimum atomic E-state index is 0.302. The second kappa shape index (κ2) is 5.46. The Kier molecular flexibility index (Phi) is 3.97. The van der Waals surface area contributed by atoms with E-state index in [4.69, 9.17) is 0 Å². The summed E-state index contributed by atoms with van der Waals surface area (Å²) in [5.74, 6) is 0.640. The normalized spacial score (nSPS) is 26.1. The van der Waals surface area contributed by atoms with Crippen LogP contribution in [-0.4, -0.2) is 35.7 Å². The van der Waals surface area contributed by atoms with Gasteiger partial charge in [0, 0.05) is 12.6 Å². The average Bonchev–Trinajstić information content (AvgIpc) is 2.68. The van der Waals surface area contributed by atoms with Gasteiger partial charge in [0.05, 0.1) is 6.61 Å². The van der Waals surface area contributed by atoms with Gasteiger partial charge in [-0.1, -0.05) is 37.3 Å². The molecule has 1 saturated heterocycles. The number of aliphatic hydroxyl groups is 1. The summed E-state index contributed by atoms with van der Waals surface area (Å²) in [4.78, 5) is 2.43. The summed E-state index contributed by atoms with van der Waals surface area (Å²) in [7, 11) is 0. The van der Waals surface area contributed by atoms with Crippen molar-refractivity contribution >= 4 is 0 Å². The summed E-state index contributed by atoms with van der Waals surface area (Å²) in [6, 6.07) is 11.0. The van der Waals surface area contributed by atoms with Crippen molar-refractivity contribution in [3.05, 3.63) is 35.9 Å². The zero-order valence-electron chi connectivity index (χ0n) is 9.97. The first kappa shape index (κ1) is 11.6. The van der Waals surface area contributed by atoms with Crippen molar-refractivity contribution in [1.82, 2.24) is 4.90 Å². The van der Waals surface area contributed by atoms with Crippen LogP contribution in [0.2, 0.25) is 0 Å². The molecule has 2 atom stereocenters. The van der Waals surface area contributed by atoms with Crippen molar-refractivity contribution in [3.8, 4) is 0 Å². The lowest BCUT2D eigenvalue weighted by Crippen LogP contribution is -2.36. The number of hydrogen-bond donors (Lipinski definition) is 1. The number of aliphatic hydroxyl groups excluding tert-OH is 1. The molecule has 2 nitrogen and oxygen atoms in total. The minimum Gasteiger partial charge on any atom is -0.395 e. The van der Waals surface area contributed by atoms with Crippen molar-refractivity contribution in [2.75, 3.05) is 19.7 Å². The average molecular weight is 219 g/mol. The molecular formula is C14H21NO. The van der Waals surface area contributed by atoms with E-state index in [1.165, 1.54) is 12.0 Å². The summed E-state index contributed by atoms with van der Waals surface area (Å²) in [5, 5.41) is 9.36. The van der Waals surface area contributed by atoms with E-state index >= 15 is 0 Å². The molecule has 1 fully saturated rings. The monoisotopic (exact) mass is 219 g/mol. The quantitative estimate of drug-likeness (QED) is 0.836. The Hall–Kier alpha value is -0.860. The van der Waals surface area contributed by atoms with Gasteiger partial charge in [0.25, 0.3) is 0 Å². The lowest BCUT2D eigenvalue weighted by atomic mass is 10.0. The maximum Gasteiger partial charge on any atom is 0.0589 e. The highest BCUT2D eigenvalue weighted by molar-refractivity contribution is 5.15. The fourth-order valence-corrected chi connectivity index (χ4v) is 2.58. The van der Waals surface area contributed by atoms with Gasteiger partial charge < -0.3 is 5.11 Å². The zero-order valence-corrected chi connectivity index (χ0v) is 9.97. The van der Waals surface area contributed by atoms with E-state index < -0.39 is 0 Å².